The van der Waals surface area contributed by atoms with Crippen molar-refractivity contribution in [1.82, 2.24) is 0 Å². The molecule has 1 aromatic carbocycles. The third kappa shape index (κ3) is 3.93. The Balaban J connectivity index is 2.16. The monoisotopic (exact) mass is 356 g/mol. The number of nitrogens with two attached hydrogens (primary N) is 1. The fourth-order valence-electron chi connectivity index (χ4n) is 2.56. The number of nitrogens with zero attached hydrogens (tertiary/aromatic N) is 1. The van der Waals surface area contributed by atoms with Gasteiger partial charge in [-0.1, -0.05) is 35.1 Å². The summed E-state index contributed by atoms with van der Waals surface area (Å²) in [5, 5.41) is 0. The summed E-state index contributed by atoms with van der Waals surface area (Å²) in [6, 6.07) is 6.11. The normalized spacial score (nSPS) is 19.1. The Kier molecular flexibility index (Phi) is 5.81. The van der Waals surface area contributed by atoms with Gasteiger partial charge in [-0.05, 0) is 37.5 Å². The van der Waals surface area contributed by atoms with Crippen molar-refractivity contribution in [1.29, 1.82) is 0 Å². The average Bonchev–Trinajstić information content (AvgIpc) is 2.45. The zero-order chi connectivity index (χ0) is 14.5. The molecule has 0 aliphatic carbocycles. The van der Waals surface area contributed by atoms with Gasteiger partial charge in [-0.15, -0.1) is 0 Å². The van der Waals surface area contributed by atoms with Gasteiger partial charge < -0.3 is 15.4 Å². The van der Waals surface area contributed by atoms with Crippen molar-refractivity contribution in [3.8, 4) is 0 Å². The van der Waals surface area contributed by atoms with E-state index in [4.69, 9.17) is 22.7 Å². The van der Waals surface area contributed by atoms with E-state index in [1.807, 2.05) is 12.1 Å². The maximum Gasteiger partial charge on any atom is 0.106 e. The topological polar surface area (TPSA) is 38.5 Å². The van der Waals surface area contributed by atoms with Gasteiger partial charge >= 0.3 is 0 Å². The summed E-state index contributed by atoms with van der Waals surface area (Å²) in [6.07, 6.45) is 3.65. The van der Waals surface area contributed by atoms with Gasteiger partial charge in [0, 0.05) is 35.4 Å². The minimum absolute atomic E-state index is 0.312. The van der Waals surface area contributed by atoms with Crippen molar-refractivity contribution < 1.29 is 4.74 Å². The summed E-state index contributed by atoms with van der Waals surface area (Å²) in [5.74, 6) is 0. The highest BCUT2D eigenvalue weighted by Crippen LogP contribution is 2.28. The first kappa shape index (κ1) is 15.7. The summed E-state index contributed by atoms with van der Waals surface area (Å²) < 4.78 is 6.89. The van der Waals surface area contributed by atoms with Gasteiger partial charge in [0.2, 0.25) is 0 Å². The van der Waals surface area contributed by atoms with E-state index in [0.29, 0.717) is 11.1 Å². The average molecular weight is 357 g/mol. The van der Waals surface area contributed by atoms with Crippen LogP contribution in [0.1, 0.15) is 31.7 Å². The molecule has 1 aliphatic rings. The Hall–Kier alpha value is -0.650. The molecule has 3 nitrogen and oxygen atoms in total. The van der Waals surface area contributed by atoms with E-state index in [-0.39, 0.29) is 0 Å². The van der Waals surface area contributed by atoms with Crippen LogP contribution in [0, 0.1) is 0 Å². The second-order valence-corrected chi connectivity index (χ2v) is 6.46. The summed E-state index contributed by atoms with van der Waals surface area (Å²) in [7, 11) is 0. The van der Waals surface area contributed by atoms with E-state index < -0.39 is 0 Å². The fraction of sp³-hybridized carbons (Fsp3) is 0.533. The van der Waals surface area contributed by atoms with Gasteiger partial charge in [-0.2, -0.15) is 0 Å². The molecule has 0 saturated carbocycles. The molecule has 5 heteroatoms. The largest absolute Gasteiger partial charge is 0.389 e. The molecule has 0 radical (unpaired) electrons. The van der Waals surface area contributed by atoms with Crippen molar-refractivity contribution in [2.24, 2.45) is 5.73 Å². The summed E-state index contributed by atoms with van der Waals surface area (Å²) in [4.78, 5) is 2.78. The van der Waals surface area contributed by atoms with E-state index in [2.05, 4.69) is 33.8 Å². The van der Waals surface area contributed by atoms with Gasteiger partial charge in [-0.3, -0.25) is 0 Å². The lowest BCUT2D eigenvalue weighted by Crippen LogP contribution is -2.40. The lowest BCUT2D eigenvalue weighted by Gasteiger charge is -2.35. The Morgan fingerprint density at radius 1 is 1.55 bits per heavy atom. The molecular weight excluding hydrogens is 336 g/mol. The minimum atomic E-state index is 0.312. The van der Waals surface area contributed by atoms with Crippen LogP contribution < -0.4 is 10.6 Å². The quantitative estimate of drug-likeness (QED) is 0.819. The molecule has 0 spiro atoms. The molecule has 0 aromatic heterocycles. The fourth-order valence-corrected chi connectivity index (χ4v) is 3.08. The number of benzene rings is 1. The van der Waals surface area contributed by atoms with Gasteiger partial charge in [0.15, 0.2) is 0 Å². The predicted octanol–water partition coefficient (Wildman–Crippen LogP) is 3.48. The van der Waals surface area contributed by atoms with Crippen molar-refractivity contribution in [2.45, 2.75) is 32.3 Å². The van der Waals surface area contributed by atoms with Gasteiger partial charge in [0.25, 0.3) is 0 Å². The minimum Gasteiger partial charge on any atom is -0.389 e. The smallest absolute Gasteiger partial charge is 0.106 e. The molecule has 1 atom stereocenters. The van der Waals surface area contributed by atoms with Crippen LogP contribution in [-0.2, 0) is 4.74 Å². The molecule has 110 valence electrons. The molecule has 1 aliphatic heterocycles. The van der Waals surface area contributed by atoms with Gasteiger partial charge in [-0.25, -0.2) is 0 Å². The maximum atomic E-state index is 5.89. The molecule has 20 heavy (non-hydrogen) atoms. The van der Waals surface area contributed by atoms with Crippen LogP contribution in [0.4, 0.5) is 5.69 Å². The van der Waals surface area contributed by atoms with E-state index in [0.717, 1.165) is 54.7 Å². The van der Waals surface area contributed by atoms with Crippen molar-refractivity contribution in [3.63, 3.8) is 0 Å². The number of rotatable bonds is 5. The van der Waals surface area contributed by atoms with E-state index >= 15 is 0 Å². The Labute approximate surface area is 134 Å². The second-order valence-electron chi connectivity index (χ2n) is 5.11. The summed E-state index contributed by atoms with van der Waals surface area (Å²) >= 11 is 8.65. The lowest BCUT2D eigenvalue weighted by molar-refractivity contribution is 0.0440. The zero-order valence-corrected chi connectivity index (χ0v) is 14.2. The van der Waals surface area contributed by atoms with E-state index in [1.165, 1.54) is 0 Å². The van der Waals surface area contributed by atoms with Crippen LogP contribution in [0.15, 0.2) is 22.7 Å². The Bertz CT molecular complexity index is 481. The molecule has 2 rings (SSSR count). The lowest BCUT2D eigenvalue weighted by atomic mass is 10.0. The van der Waals surface area contributed by atoms with Gasteiger partial charge in [0.1, 0.15) is 4.99 Å². The molecule has 1 aromatic rings. The SMILES string of the molecule is CCCOC1CCCN(c2ccc(Br)cc2C(N)=S)C1. The summed E-state index contributed by atoms with van der Waals surface area (Å²) in [5.41, 5.74) is 7.91. The number of piperidine rings is 1. The van der Waals surface area contributed by atoms with Crippen molar-refractivity contribution in [3.05, 3.63) is 28.2 Å². The molecule has 1 fully saturated rings. The van der Waals surface area contributed by atoms with Crippen LogP contribution in [0.2, 0.25) is 0 Å². The number of hydrogen-bond donors (Lipinski definition) is 1. The number of hydrogen-bond acceptors (Lipinski definition) is 3. The van der Waals surface area contributed by atoms with Crippen LogP contribution in [0.25, 0.3) is 0 Å². The summed E-state index contributed by atoms with van der Waals surface area (Å²) in [6.45, 7) is 4.92. The van der Waals surface area contributed by atoms with E-state index in [9.17, 15) is 0 Å². The zero-order valence-electron chi connectivity index (χ0n) is 11.8. The van der Waals surface area contributed by atoms with Crippen LogP contribution in [0.3, 0.4) is 0 Å². The second kappa shape index (κ2) is 7.38. The number of anilines is 1. The predicted molar refractivity (Wildman–Crippen MR) is 91.5 cm³/mol. The molecule has 0 amide bonds. The molecular formula is C15H21BrN2OS. The highest BCUT2D eigenvalue weighted by atomic mass is 79.9. The first-order valence-corrected chi connectivity index (χ1v) is 8.28. The van der Waals surface area contributed by atoms with E-state index in [1.54, 1.807) is 0 Å². The van der Waals surface area contributed by atoms with Crippen LogP contribution in [-0.4, -0.2) is 30.8 Å². The van der Waals surface area contributed by atoms with Crippen LogP contribution in [0.5, 0.6) is 0 Å². The highest BCUT2D eigenvalue weighted by Gasteiger charge is 2.22. The van der Waals surface area contributed by atoms with Crippen molar-refractivity contribution in [2.75, 3.05) is 24.6 Å². The first-order valence-electron chi connectivity index (χ1n) is 7.07. The van der Waals surface area contributed by atoms with Crippen molar-refractivity contribution >= 4 is 38.8 Å². The molecule has 2 N–H and O–H groups in total. The molecule has 0 bridgehead atoms. The van der Waals surface area contributed by atoms with Gasteiger partial charge in [0.05, 0.1) is 6.10 Å². The molecule has 1 heterocycles. The number of halogens is 1. The Morgan fingerprint density at radius 2 is 2.35 bits per heavy atom. The third-order valence-electron chi connectivity index (χ3n) is 3.50. The first-order chi connectivity index (χ1) is 9.61. The number of thiocarbonyl (C=S) groups is 1. The standard InChI is InChI=1S/C15H21BrN2OS/c1-2-8-19-12-4-3-7-18(10-12)14-6-5-11(16)9-13(14)15(17)20/h5-6,9,12H,2-4,7-8,10H2,1H3,(H2,17,20). The van der Waals surface area contributed by atoms with Crippen LogP contribution >= 0.6 is 28.1 Å². The Morgan fingerprint density at radius 3 is 3.05 bits per heavy atom. The highest BCUT2D eigenvalue weighted by molar-refractivity contribution is 9.10. The maximum absolute atomic E-state index is 5.89. The third-order valence-corrected chi connectivity index (χ3v) is 4.21. The number of ether oxygens (including phenoxy) is 1. The molecule has 1 saturated heterocycles. The molecule has 1 unspecified atom stereocenters.